The Morgan fingerprint density at radius 1 is 1.50 bits per heavy atom. The molecule has 0 bridgehead atoms. The van der Waals surface area contributed by atoms with Gasteiger partial charge in [-0.2, -0.15) is 0 Å². The second-order valence-corrected chi connectivity index (χ2v) is 4.10. The van der Waals surface area contributed by atoms with E-state index in [1.165, 1.54) is 0 Å². The quantitative estimate of drug-likeness (QED) is 0.779. The highest BCUT2D eigenvalue weighted by molar-refractivity contribution is 6.35. The van der Waals surface area contributed by atoms with Crippen molar-refractivity contribution in [3.05, 3.63) is 28.8 Å². The molecule has 1 N–H and O–H groups in total. The molecule has 1 aromatic rings. The van der Waals surface area contributed by atoms with Crippen LogP contribution in [-0.2, 0) is 4.79 Å². The van der Waals surface area contributed by atoms with Crippen LogP contribution in [0, 0.1) is 6.92 Å². The number of benzene rings is 1. The molecule has 0 unspecified atom stereocenters. The van der Waals surface area contributed by atoms with Gasteiger partial charge in [-0.3, -0.25) is 4.79 Å². The van der Waals surface area contributed by atoms with E-state index in [2.05, 4.69) is 5.32 Å². The number of aryl methyl sites for hydroxylation is 1. The van der Waals surface area contributed by atoms with E-state index in [-0.39, 0.29) is 5.91 Å². The lowest BCUT2D eigenvalue weighted by molar-refractivity contribution is -0.115. The summed E-state index contributed by atoms with van der Waals surface area (Å²) in [6, 6.07) is 5.43. The first-order valence-electron chi connectivity index (χ1n) is 4.22. The van der Waals surface area contributed by atoms with Crippen LogP contribution < -0.4 is 5.32 Å². The maximum atomic E-state index is 11.3. The van der Waals surface area contributed by atoms with Crippen LogP contribution in [0.3, 0.4) is 0 Å². The predicted molar refractivity (Wildman–Crippen MR) is 60.1 cm³/mol. The fraction of sp³-hybridized carbons (Fsp3) is 0.300. The van der Waals surface area contributed by atoms with E-state index < -0.39 is 5.38 Å². The number of anilines is 1. The van der Waals surface area contributed by atoms with Crippen molar-refractivity contribution in [2.45, 2.75) is 19.2 Å². The summed E-state index contributed by atoms with van der Waals surface area (Å²) in [4.78, 5) is 11.3. The molecular weight excluding hydrogens is 221 g/mol. The van der Waals surface area contributed by atoms with E-state index >= 15 is 0 Å². The lowest BCUT2D eigenvalue weighted by atomic mass is 10.2. The van der Waals surface area contributed by atoms with Gasteiger partial charge in [0.2, 0.25) is 5.91 Å². The molecule has 0 aliphatic rings. The highest BCUT2D eigenvalue weighted by atomic mass is 35.5. The van der Waals surface area contributed by atoms with Crippen LogP contribution in [0.4, 0.5) is 5.69 Å². The number of carbonyl (C=O) groups excluding carboxylic acids is 1. The zero-order chi connectivity index (χ0) is 10.7. The standard InChI is InChI=1S/C10H11Cl2NO/c1-6-4-3-5-8(12)9(6)13-10(14)7(2)11/h3-5,7H,1-2H3,(H,13,14)/t7-/m0/s1. The Bertz CT molecular complexity index is 330. The topological polar surface area (TPSA) is 29.1 Å². The Kier molecular flexibility index (Phi) is 3.78. The van der Waals surface area contributed by atoms with Gasteiger partial charge in [0.1, 0.15) is 5.38 Å². The number of hydrogen-bond acceptors (Lipinski definition) is 1. The van der Waals surface area contributed by atoms with Crippen molar-refractivity contribution >= 4 is 34.8 Å². The van der Waals surface area contributed by atoms with Gasteiger partial charge in [0.25, 0.3) is 0 Å². The molecule has 76 valence electrons. The zero-order valence-electron chi connectivity index (χ0n) is 7.97. The molecule has 1 rings (SSSR count). The minimum atomic E-state index is -0.564. The maximum absolute atomic E-state index is 11.3. The monoisotopic (exact) mass is 231 g/mol. The van der Waals surface area contributed by atoms with Crippen LogP contribution in [0.1, 0.15) is 12.5 Å². The molecule has 0 saturated heterocycles. The summed E-state index contributed by atoms with van der Waals surface area (Å²) in [5.74, 6) is -0.247. The number of amides is 1. The molecular formula is C10H11Cl2NO. The summed E-state index contributed by atoms with van der Waals surface area (Å²) in [6.45, 7) is 3.49. The van der Waals surface area contributed by atoms with Crippen LogP contribution in [0.5, 0.6) is 0 Å². The highest BCUT2D eigenvalue weighted by Crippen LogP contribution is 2.25. The smallest absolute Gasteiger partial charge is 0.242 e. The SMILES string of the molecule is Cc1cccc(Cl)c1NC(=O)[C@H](C)Cl. The van der Waals surface area contributed by atoms with Gasteiger partial charge in [-0.15, -0.1) is 11.6 Å². The lowest BCUT2D eigenvalue weighted by Crippen LogP contribution is -2.21. The zero-order valence-corrected chi connectivity index (χ0v) is 9.49. The van der Waals surface area contributed by atoms with Crippen molar-refractivity contribution in [3.63, 3.8) is 0 Å². The predicted octanol–water partition coefficient (Wildman–Crippen LogP) is 3.21. The summed E-state index contributed by atoms with van der Waals surface area (Å²) in [7, 11) is 0. The third kappa shape index (κ3) is 2.63. The number of rotatable bonds is 2. The third-order valence-corrected chi connectivity index (χ3v) is 2.34. The minimum absolute atomic E-state index is 0.247. The Hall–Kier alpha value is -0.730. The normalized spacial score (nSPS) is 12.3. The van der Waals surface area contributed by atoms with E-state index in [9.17, 15) is 4.79 Å². The average Bonchev–Trinajstić information content (AvgIpc) is 2.11. The molecule has 0 aliphatic heterocycles. The first kappa shape index (κ1) is 11.3. The number of alkyl halides is 1. The van der Waals surface area contributed by atoms with Crippen molar-refractivity contribution in [1.29, 1.82) is 0 Å². The van der Waals surface area contributed by atoms with E-state index in [1.807, 2.05) is 19.1 Å². The Balaban J connectivity index is 2.91. The first-order chi connectivity index (χ1) is 6.52. The first-order valence-corrected chi connectivity index (χ1v) is 5.04. The van der Waals surface area contributed by atoms with Gasteiger partial charge in [-0.25, -0.2) is 0 Å². The van der Waals surface area contributed by atoms with E-state index in [0.29, 0.717) is 10.7 Å². The minimum Gasteiger partial charge on any atom is -0.323 e. The van der Waals surface area contributed by atoms with Gasteiger partial charge >= 0.3 is 0 Å². The van der Waals surface area contributed by atoms with E-state index in [1.54, 1.807) is 13.0 Å². The Labute approximate surface area is 93.2 Å². The number of hydrogen-bond donors (Lipinski definition) is 1. The number of carbonyl (C=O) groups is 1. The van der Waals surface area contributed by atoms with Crippen LogP contribution in [-0.4, -0.2) is 11.3 Å². The summed E-state index contributed by atoms with van der Waals surface area (Å²) in [5.41, 5.74) is 1.55. The number of halogens is 2. The molecule has 4 heteroatoms. The van der Waals surface area contributed by atoms with Gasteiger partial charge in [-0.05, 0) is 25.5 Å². The second kappa shape index (κ2) is 4.67. The lowest BCUT2D eigenvalue weighted by Gasteiger charge is -2.10. The van der Waals surface area contributed by atoms with Crippen molar-refractivity contribution in [2.24, 2.45) is 0 Å². The van der Waals surface area contributed by atoms with Crippen LogP contribution >= 0.6 is 23.2 Å². The van der Waals surface area contributed by atoms with Gasteiger partial charge in [0.15, 0.2) is 0 Å². The maximum Gasteiger partial charge on any atom is 0.242 e. The largest absolute Gasteiger partial charge is 0.323 e. The van der Waals surface area contributed by atoms with E-state index in [4.69, 9.17) is 23.2 Å². The second-order valence-electron chi connectivity index (χ2n) is 3.04. The molecule has 0 aromatic heterocycles. The number of para-hydroxylation sites is 1. The molecule has 2 nitrogen and oxygen atoms in total. The molecule has 0 spiro atoms. The highest BCUT2D eigenvalue weighted by Gasteiger charge is 2.12. The molecule has 0 radical (unpaired) electrons. The van der Waals surface area contributed by atoms with E-state index in [0.717, 1.165) is 5.56 Å². The average molecular weight is 232 g/mol. The van der Waals surface area contributed by atoms with Crippen molar-refractivity contribution in [3.8, 4) is 0 Å². The molecule has 1 amide bonds. The third-order valence-electron chi connectivity index (χ3n) is 1.83. The summed E-state index contributed by atoms with van der Waals surface area (Å²) in [5, 5.41) is 2.63. The molecule has 0 aliphatic carbocycles. The van der Waals surface area contributed by atoms with Crippen LogP contribution in [0.15, 0.2) is 18.2 Å². The van der Waals surface area contributed by atoms with Gasteiger partial charge < -0.3 is 5.32 Å². The molecule has 14 heavy (non-hydrogen) atoms. The molecule has 1 atom stereocenters. The molecule has 1 aromatic carbocycles. The summed E-state index contributed by atoms with van der Waals surface area (Å²) < 4.78 is 0. The number of nitrogens with one attached hydrogen (secondary N) is 1. The van der Waals surface area contributed by atoms with Gasteiger partial charge in [0, 0.05) is 0 Å². The Morgan fingerprint density at radius 3 is 2.64 bits per heavy atom. The Morgan fingerprint density at radius 2 is 2.14 bits per heavy atom. The molecule has 0 fully saturated rings. The van der Waals surface area contributed by atoms with Crippen molar-refractivity contribution in [1.82, 2.24) is 0 Å². The fourth-order valence-electron chi connectivity index (χ4n) is 1.01. The van der Waals surface area contributed by atoms with Crippen molar-refractivity contribution < 1.29 is 4.79 Å². The molecule has 0 saturated carbocycles. The van der Waals surface area contributed by atoms with Crippen molar-refractivity contribution in [2.75, 3.05) is 5.32 Å². The van der Waals surface area contributed by atoms with Crippen LogP contribution in [0.2, 0.25) is 5.02 Å². The van der Waals surface area contributed by atoms with Gasteiger partial charge in [0.05, 0.1) is 10.7 Å². The summed E-state index contributed by atoms with van der Waals surface area (Å²) in [6.07, 6.45) is 0. The van der Waals surface area contributed by atoms with Crippen LogP contribution in [0.25, 0.3) is 0 Å². The van der Waals surface area contributed by atoms with Gasteiger partial charge in [-0.1, -0.05) is 23.7 Å². The molecule has 0 heterocycles. The summed E-state index contributed by atoms with van der Waals surface area (Å²) >= 11 is 11.5. The fourth-order valence-corrected chi connectivity index (χ4v) is 1.34.